The zero-order valence-corrected chi connectivity index (χ0v) is 7.58. The predicted molar refractivity (Wildman–Crippen MR) is 47.5 cm³/mol. The van der Waals surface area contributed by atoms with Gasteiger partial charge in [-0.15, -0.1) is 0 Å². The Hall–Kier alpha value is -0.120. The lowest BCUT2D eigenvalue weighted by atomic mass is 10.1. The molecule has 68 valence electrons. The molecule has 1 unspecified atom stereocenters. The molecule has 0 aliphatic carbocycles. The number of nitrogens with two attached hydrogens (primary N) is 1. The highest BCUT2D eigenvalue weighted by Crippen LogP contribution is 1.98. The fraction of sp³-hybridized carbons (Fsp3) is 1.00. The van der Waals surface area contributed by atoms with Crippen LogP contribution in [-0.4, -0.2) is 43.3 Å². The molecule has 3 heteroatoms. The molecule has 0 amide bonds. The monoisotopic (exact) mass is 160 g/mol. The van der Waals surface area contributed by atoms with Gasteiger partial charge in [-0.25, -0.2) is 0 Å². The Morgan fingerprint density at radius 1 is 1.36 bits per heavy atom. The number of unbranched alkanes of at least 4 members (excludes halogenated alkanes) is 1. The van der Waals surface area contributed by atoms with E-state index >= 15 is 0 Å². The highest BCUT2D eigenvalue weighted by molar-refractivity contribution is 4.58. The van der Waals surface area contributed by atoms with Gasteiger partial charge in [0.05, 0.1) is 6.61 Å². The molecule has 0 radical (unpaired) electrons. The van der Waals surface area contributed by atoms with Gasteiger partial charge in [0.2, 0.25) is 0 Å². The van der Waals surface area contributed by atoms with Crippen LogP contribution in [0.5, 0.6) is 0 Å². The van der Waals surface area contributed by atoms with E-state index in [0.29, 0.717) is 0 Å². The van der Waals surface area contributed by atoms with Gasteiger partial charge in [0.15, 0.2) is 0 Å². The van der Waals surface area contributed by atoms with Gasteiger partial charge in [-0.1, -0.05) is 6.42 Å². The van der Waals surface area contributed by atoms with Gasteiger partial charge in [-0.2, -0.15) is 0 Å². The summed E-state index contributed by atoms with van der Waals surface area (Å²) < 4.78 is 0. The first kappa shape index (κ1) is 10.9. The van der Waals surface area contributed by atoms with Crippen LogP contribution in [-0.2, 0) is 0 Å². The van der Waals surface area contributed by atoms with Crippen molar-refractivity contribution in [1.29, 1.82) is 0 Å². The molecule has 0 spiro atoms. The van der Waals surface area contributed by atoms with E-state index in [1.54, 1.807) is 0 Å². The van der Waals surface area contributed by atoms with Gasteiger partial charge < -0.3 is 15.7 Å². The molecule has 0 heterocycles. The minimum absolute atomic E-state index is 0.0165. The maximum Gasteiger partial charge on any atom is 0.0582 e. The first-order chi connectivity index (χ1) is 5.16. The van der Waals surface area contributed by atoms with Gasteiger partial charge in [-0.3, -0.25) is 0 Å². The first-order valence-electron chi connectivity index (χ1n) is 4.18. The van der Waals surface area contributed by atoms with Crippen LogP contribution in [0.1, 0.15) is 19.3 Å². The van der Waals surface area contributed by atoms with Crippen LogP contribution in [0.3, 0.4) is 0 Å². The van der Waals surface area contributed by atoms with Crippen molar-refractivity contribution >= 4 is 0 Å². The average Bonchev–Trinajstić information content (AvgIpc) is 1.97. The Morgan fingerprint density at radius 3 is 2.45 bits per heavy atom. The summed E-state index contributed by atoms with van der Waals surface area (Å²) in [5, 5.41) is 8.61. The van der Waals surface area contributed by atoms with Crippen molar-refractivity contribution in [2.24, 2.45) is 5.73 Å². The average molecular weight is 160 g/mol. The molecule has 0 aromatic heterocycles. The molecule has 0 saturated carbocycles. The molecule has 0 aliphatic rings. The normalized spacial score (nSPS) is 13.9. The third-order valence-corrected chi connectivity index (χ3v) is 1.66. The Labute approximate surface area is 69.2 Å². The summed E-state index contributed by atoms with van der Waals surface area (Å²) in [6, 6.07) is -0.0165. The molecule has 0 aliphatic heterocycles. The smallest absolute Gasteiger partial charge is 0.0582 e. The SMILES string of the molecule is CN(C)CCCCC(N)CO. The molecule has 0 aromatic rings. The van der Waals surface area contributed by atoms with Crippen LogP contribution in [0.25, 0.3) is 0 Å². The molecular weight excluding hydrogens is 140 g/mol. The molecule has 0 fully saturated rings. The summed E-state index contributed by atoms with van der Waals surface area (Å²) in [7, 11) is 4.12. The fourth-order valence-corrected chi connectivity index (χ4v) is 0.926. The van der Waals surface area contributed by atoms with Crippen molar-refractivity contribution in [2.75, 3.05) is 27.2 Å². The Bertz CT molecular complexity index is 86.2. The van der Waals surface area contributed by atoms with Crippen molar-refractivity contribution in [3.8, 4) is 0 Å². The van der Waals surface area contributed by atoms with Gasteiger partial charge in [0, 0.05) is 6.04 Å². The van der Waals surface area contributed by atoms with Gasteiger partial charge >= 0.3 is 0 Å². The molecule has 11 heavy (non-hydrogen) atoms. The van der Waals surface area contributed by atoms with Crippen molar-refractivity contribution < 1.29 is 5.11 Å². The van der Waals surface area contributed by atoms with Crippen molar-refractivity contribution in [3.63, 3.8) is 0 Å². The predicted octanol–water partition coefficient (Wildman–Crippen LogP) is 0.0379. The highest BCUT2D eigenvalue weighted by Gasteiger charge is 1.99. The Morgan fingerprint density at radius 2 is 2.00 bits per heavy atom. The van der Waals surface area contributed by atoms with E-state index in [0.717, 1.165) is 19.4 Å². The van der Waals surface area contributed by atoms with E-state index in [2.05, 4.69) is 19.0 Å². The molecule has 1 atom stereocenters. The molecule has 0 rings (SSSR count). The lowest BCUT2D eigenvalue weighted by Crippen LogP contribution is -2.24. The maximum atomic E-state index is 8.61. The van der Waals surface area contributed by atoms with Crippen molar-refractivity contribution in [2.45, 2.75) is 25.3 Å². The van der Waals surface area contributed by atoms with Crippen LogP contribution < -0.4 is 5.73 Å². The molecule has 0 aromatic carbocycles. The minimum atomic E-state index is -0.0165. The Kier molecular flexibility index (Phi) is 6.51. The number of hydrogen-bond donors (Lipinski definition) is 2. The summed E-state index contributed by atoms with van der Waals surface area (Å²) in [5.41, 5.74) is 5.53. The van der Waals surface area contributed by atoms with E-state index in [1.807, 2.05) is 0 Å². The molecule has 0 saturated heterocycles. The highest BCUT2D eigenvalue weighted by atomic mass is 16.3. The largest absolute Gasteiger partial charge is 0.395 e. The van der Waals surface area contributed by atoms with E-state index in [4.69, 9.17) is 10.8 Å². The number of nitrogens with zero attached hydrogens (tertiary/aromatic N) is 1. The second-order valence-corrected chi connectivity index (χ2v) is 3.24. The van der Waals surface area contributed by atoms with Crippen LogP contribution in [0.4, 0.5) is 0 Å². The molecule has 3 N–H and O–H groups in total. The quantitative estimate of drug-likeness (QED) is 0.539. The van der Waals surface area contributed by atoms with E-state index in [9.17, 15) is 0 Å². The minimum Gasteiger partial charge on any atom is -0.395 e. The number of aliphatic hydroxyl groups is 1. The van der Waals surface area contributed by atoms with Crippen molar-refractivity contribution in [1.82, 2.24) is 4.90 Å². The van der Waals surface area contributed by atoms with Crippen molar-refractivity contribution in [3.05, 3.63) is 0 Å². The lowest BCUT2D eigenvalue weighted by Gasteiger charge is -2.10. The molecule has 0 bridgehead atoms. The fourth-order valence-electron chi connectivity index (χ4n) is 0.926. The standard InChI is InChI=1S/C8H20N2O/c1-10(2)6-4-3-5-8(9)7-11/h8,11H,3-7,9H2,1-2H3. The maximum absolute atomic E-state index is 8.61. The summed E-state index contributed by atoms with van der Waals surface area (Å²) in [5.74, 6) is 0. The van der Waals surface area contributed by atoms with Crippen LogP contribution in [0, 0.1) is 0 Å². The third-order valence-electron chi connectivity index (χ3n) is 1.66. The summed E-state index contributed by atoms with van der Waals surface area (Å²) >= 11 is 0. The van der Waals surface area contributed by atoms with Crippen LogP contribution >= 0.6 is 0 Å². The van der Waals surface area contributed by atoms with Crippen LogP contribution in [0.15, 0.2) is 0 Å². The zero-order valence-electron chi connectivity index (χ0n) is 7.58. The molecular formula is C8H20N2O. The van der Waals surface area contributed by atoms with E-state index < -0.39 is 0 Å². The summed E-state index contributed by atoms with van der Waals surface area (Å²) in [6.07, 6.45) is 3.21. The van der Waals surface area contributed by atoms with Gasteiger partial charge in [0.1, 0.15) is 0 Å². The second-order valence-electron chi connectivity index (χ2n) is 3.24. The zero-order chi connectivity index (χ0) is 8.69. The Balaban J connectivity index is 3.01. The summed E-state index contributed by atoms with van der Waals surface area (Å²) in [6.45, 7) is 1.22. The molecule has 3 nitrogen and oxygen atoms in total. The lowest BCUT2D eigenvalue weighted by molar-refractivity contribution is 0.256. The van der Waals surface area contributed by atoms with Gasteiger partial charge in [-0.05, 0) is 33.5 Å². The topological polar surface area (TPSA) is 49.5 Å². The van der Waals surface area contributed by atoms with Crippen LogP contribution in [0.2, 0.25) is 0 Å². The van der Waals surface area contributed by atoms with Gasteiger partial charge in [0.25, 0.3) is 0 Å². The number of hydrogen-bond acceptors (Lipinski definition) is 3. The third kappa shape index (κ3) is 7.78. The van der Waals surface area contributed by atoms with E-state index in [-0.39, 0.29) is 12.6 Å². The van der Waals surface area contributed by atoms with E-state index in [1.165, 1.54) is 6.42 Å². The number of aliphatic hydroxyl groups excluding tert-OH is 1. The summed E-state index contributed by atoms with van der Waals surface area (Å²) in [4.78, 5) is 2.16. The number of rotatable bonds is 6. The first-order valence-corrected chi connectivity index (χ1v) is 4.18. The second kappa shape index (κ2) is 6.58.